The van der Waals surface area contributed by atoms with Gasteiger partial charge in [0.1, 0.15) is 43.5 Å². The van der Waals surface area contributed by atoms with Gasteiger partial charge in [-0.15, -0.1) is 0 Å². The SMILES string of the molecule is COC(=O)c1ccc(OC2=COC3CC(OC(=O)C(CCC(=O)OCc4ccccc4)NC(=O)OCc4ccccc4)CCC3C2=O)cc1. The predicted molar refractivity (Wildman–Crippen MR) is 173 cm³/mol. The molecule has 1 amide bonds. The van der Waals surface area contributed by atoms with E-state index in [1.54, 1.807) is 24.3 Å². The fraction of sp³-hybridized carbons (Fsp3) is 0.324. The third-order valence-corrected chi connectivity index (χ3v) is 8.13. The summed E-state index contributed by atoms with van der Waals surface area (Å²) in [5.74, 6) is -2.15. The zero-order chi connectivity index (χ0) is 34.6. The monoisotopic (exact) mass is 671 g/mol. The van der Waals surface area contributed by atoms with Crippen LogP contribution in [0.5, 0.6) is 5.75 Å². The van der Waals surface area contributed by atoms with Gasteiger partial charge in [0.25, 0.3) is 0 Å². The van der Waals surface area contributed by atoms with Crippen molar-refractivity contribution in [1.29, 1.82) is 0 Å². The fourth-order valence-corrected chi connectivity index (χ4v) is 5.49. The second kappa shape index (κ2) is 17.0. The Balaban J connectivity index is 1.16. The molecule has 4 unspecified atom stereocenters. The number of ketones is 1. The number of methoxy groups -OCH3 is 1. The van der Waals surface area contributed by atoms with Gasteiger partial charge in [-0.1, -0.05) is 60.7 Å². The van der Waals surface area contributed by atoms with E-state index in [2.05, 4.69) is 5.32 Å². The van der Waals surface area contributed by atoms with Gasteiger partial charge in [-0.25, -0.2) is 14.4 Å². The molecule has 256 valence electrons. The lowest BCUT2D eigenvalue weighted by atomic mass is 9.80. The molecule has 49 heavy (non-hydrogen) atoms. The number of hydrogen-bond acceptors (Lipinski definition) is 11. The molecule has 1 saturated carbocycles. The van der Waals surface area contributed by atoms with Crippen LogP contribution in [0, 0.1) is 5.92 Å². The second-order valence-corrected chi connectivity index (χ2v) is 11.6. The number of hydrogen-bond donors (Lipinski definition) is 1. The molecular formula is C37H37NO11. The Morgan fingerprint density at radius 2 is 1.51 bits per heavy atom. The number of benzene rings is 3. The van der Waals surface area contributed by atoms with E-state index < -0.39 is 48.2 Å². The van der Waals surface area contributed by atoms with Crippen LogP contribution in [0.25, 0.3) is 0 Å². The molecule has 0 bridgehead atoms. The minimum absolute atomic E-state index is 0.0113. The van der Waals surface area contributed by atoms with Crippen LogP contribution in [-0.2, 0) is 51.3 Å². The molecule has 3 aromatic rings. The number of fused-ring (bicyclic) bond motifs is 1. The first-order valence-electron chi connectivity index (χ1n) is 15.9. The minimum atomic E-state index is -1.19. The van der Waals surface area contributed by atoms with Crippen molar-refractivity contribution in [2.24, 2.45) is 5.92 Å². The number of ether oxygens (including phenoxy) is 6. The van der Waals surface area contributed by atoms with Crippen LogP contribution in [0.4, 0.5) is 4.79 Å². The lowest BCUT2D eigenvalue weighted by Crippen LogP contribution is -2.46. The van der Waals surface area contributed by atoms with Gasteiger partial charge >= 0.3 is 24.0 Å². The number of esters is 3. The number of nitrogens with one attached hydrogen (secondary N) is 1. The molecule has 0 radical (unpaired) electrons. The highest BCUT2D eigenvalue weighted by molar-refractivity contribution is 5.96. The van der Waals surface area contributed by atoms with Crippen LogP contribution < -0.4 is 10.1 Å². The van der Waals surface area contributed by atoms with E-state index in [-0.39, 0.29) is 44.0 Å². The van der Waals surface area contributed by atoms with Gasteiger partial charge in [-0.05, 0) is 54.7 Å². The molecule has 1 fully saturated rings. The first-order chi connectivity index (χ1) is 23.8. The molecule has 3 aromatic carbocycles. The molecule has 0 saturated heterocycles. The number of alkyl carbamates (subject to hydrolysis) is 1. The summed E-state index contributed by atoms with van der Waals surface area (Å²) in [6, 6.07) is 23.2. The first-order valence-corrected chi connectivity index (χ1v) is 15.9. The summed E-state index contributed by atoms with van der Waals surface area (Å²) in [5.41, 5.74) is 1.92. The molecule has 1 N–H and O–H groups in total. The van der Waals surface area contributed by atoms with Crippen molar-refractivity contribution in [1.82, 2.24) is 5.32 Å². The minimum Gasteiger partial charge on any atom is -0.493 e. The van der Waals surface area contributed by atoms with Gasteiger partial charge < -0.3 is 33.7 Å². The molecule has 12 heteroatoms. The molecule has 12 nitrogen and oxygen atoms in total. The molecule has 2 aliphatic rings. The molecule has 0 spiro atoms. The van der Waals surface area contributed by atoms with Crippen molar-refractivity contribution in [3.63, 3.8) is 0 Å². The van der Waals surface area contributed by atoms with Gasteiger partial charge in [0.05, 0.1) is 18.6 Å². The Hall–Kier alpha value is -5.65. The van der Waals surface area contributed by atoms with Crippen LogP contribution in [0.1, 0.15) is 53.6 Å². The average Bonchev–Trinajstić information content (AvgIpc) is 3.13. The maximum absolute atomic E-state index is 13.4. The summed E-state index contributed by atoms with van der Waals surface area (Å²) in [6.45, 7) is 0.0657. The van der Waals surface area contributed by atoms with Gasteiger partial charge in [-0.2, -0.15) is 0 Å². The average molecular weight is 672 g/mol. The smallest absolute Gasteiger partial charge is 0.408 e. The van der Waals surface area contributed by atoms with Crippen LogP contribution in [-0.4, -0.2) is 55.1 Å². The van der Waals surface area contributed by atoms with Gasteiger partial charge in [0, 0.05) is 12.8 Å². The van der Waals surface area contributed by atoms with Crippen molar-refractivity contribution < 1.29 is 52.4 Å². The van der Waals surface area contributed by atoms with Gasteiger partial charge in [0.2, 0.25) is 11.5 Å². The standard InChI is InChI=1S/C37H37NO11/c1-44-35(41)26-12-14-27(15-13-26)48-32-23-45-31-20-28(16-17-29(31)34(32)40)49-36(42)30(38-37(43)47-22-25-10-6-3-7-11-25)18-19-33(39)46-21-24-8-4-2-5-9-24/h2-15,23,28-31H,16-22H2,1H3,(H,38,43). The zero-order valence-corrected chi connectivity index (χ0v) is 26.9. The summed E-state index contributed by atoms with van der Waals surface area (Å²) >= 11 is 0. The summed E-state index contributed by atoms with van der Waals surface area (Å²) < 4.78 is 32.7. The van der Waals surface area contributed by atoms with E-state index in [9.17, 15) is 24.0 Å². The highest BCUT2D eigenvalue weighted by atomic mass is 16.6. The summed E-state index contributed by atoms with van der Waals surface area (Å²) in [7, 11) is 1.29. The van der Waals surface area contributed by atoms with Crippen molar-refractivity contribution in [3.05, 3.63) is 114 Å². The zero-order valence-electron chi connectivity index (χ0n) is 26.9. The van der Waals surface area contributed by atoms with Crippen LogP contribution in [0.15, 0.2) is 97.0 Å². The number of Topliss-reactive ketones (excluding diaryl/α,β-unsaturated/α-hetero) is 1. The summed E-state index contributed by atoms with van der Waals surface area (Å²) in [6.07, 6.45) is -0.00499. The van der Waals surface area contributed by atoms with Crippen molar-refractivity contribution in [3.8, 4) is 5.75 Å². The van der Waals surface area contributed by atoms with Crippen molar-refractivity contribution in [2.75, 3.05) is 7.11 Å². The molecule has 1 heterocycles. The lowest BCUT2D eigenvalue weighted by molar-refractivity contribution is -0.158. The number of carbonyl (C=O) groups is 5. The number of carbonyl (C=O) groups excluding carboxylic acids is 5. The summed E-state index contributed by atoms with van der Waals surface area (Å²) in [5, 5.41) is 2.53. The highest BCUT2D eigenvalue weighted by Gasteiger charge is 2.42. The lowest BCUT2D eigenvalue weighted by Gasteiger charge is -2.37. The number of rotatable bonds is 13. The number of allylic oxidation sites excluding steroid dienone is 1. The Bertz CT molecular complexity index is 1640. The molecule has 5 rings (SSSR count). The largest absolute Gasteiger partial charge is 0.493 e. The van der Waals surface area contributed by atoms with E-state index in [0.717, 1.165) is 11.1 Å². The van der Waals surface area contributed by atoms with E-state index in [4.69, 9.17) is 28.4 Å². The third-order valence-electron chi connectivity index (χ3n) is 8.13. The molecular weight excluding hydrogens is 634 g/mol. The first kappa shape index (κ1) is 34.7. The predicted octanol–water partition coefficient (Wildman–Crippen LogP) is 5.19. The van der Waals surface area contributed by atoms with Gasteiger partial charge in [-0.3, -0.25) is 9.59 Å². The van der Waals surface area contributed by atoms with Gasteiger partial charge in [0.15, 0.2) is 0 Å². The van der Waals surface area contributed by atoms with Crippen LogP contribution >= 0.6 is 0 Å². The normalized spacial score (nSPS) is 18.8. The van der Waals surface area contributed by atoms with Crippen LogP contribution in [0.2, 0.25) is 0 Å². The number of amides is 1. The quantitative estimate of drug-likeness (QED) is 0.189. The fourth-order valence-electron chi connectivity index (χ4n) is 5.49. The van der Waals surface area contributed by atoms with E-state index in [0.29, 0.717) is 24.2 Å². The van der Waals surface area contributed by atoms with Crippen LogP contribution in [0.3, 0.4) is 0 Å². The Labute approximate surface area is 283 Å². The Morgan fingerprint density at radius 3 is 2.16 bits per heavy atom. The van der Waals surface area contributed by atoms with Crippen molar-refractivity contribution >= 4 is 29.8 Å². The topological polar surface area (TPSA) is 153 Å². The highest BCUT2D eigenvalue weighted by Crippen LogP contribution is 2.35. The Kier molecular flexibility index (Phi) is 12.0. The second-order valence-electron chi connectivity index (χ2n) is 11.6. The molecule has 4 atom stereocenters. The molecule has 1 aliphatic heterocycles. The molecule has 0 aromatic heterocycles. The molecule has 1 aliphatic carbocycles. The van der Waals surface area contributed by atoms with E-state index >= 15 is 0 Å². The Morgan fingerprint density at radius 1 is 0.857 bits per heavy atom. The third kappa shape index (κ3) is 9.92. The van der Waals surface area contributed by atoms with E-state index in [1.807, 2.05) is 48.5 Å². The maximum Gasteiger partial charge on any atom is 0.408 e. The maximum atomic E-state index is 13.4. The summed E-state index contributed by atoms with van der Waals surface area (Å²) in [4.78, 5) is 63.5. The van der Waals surface area contributed by atoms with Crippen molar-refractivity contribution in [2.45, 2.75) is 63.6 Å². The van der Waals surface area contributed by atoms with E-state index in [1.165, 1.54) is 25.5 Å².